The maximum atomic E-state index is 12.0. The van der Waals surface area contributed by atoms with E-state index in [9.17, 15) is 19.2 Å². The van der Waals surface area contributed by atoms with Crippen LogP contribution in [0.1, 0.15) is 27.6 Å². The first-order chi connectivity index (χ1) is 11.9. The molecule has 2 N–H and O–H groups in total. The Morgan fingerprint density at radius 3 is 2.04 bits per heavy atom. The van der Waals surface area contributed by atoms with Crippen LogP contribution >= 0.6 is 0 Å². The third kappa shape index (κ3) is 4.51. The van der Waals surface area contributed by atoms with Gasteiger partial charge >= 0.3 is 17.8 Å². The molecule has 2 rings (SSSR count). The summed E-state index contributed by atoms with van der Waals surface area (Å²) in [5, 5.41) is 4.78. The van der Waals surface area contributed by atoms with Crippen molar-refractivity contribution >= 4 is 34.9 Å². The fraction of sp³-hybridized carbons (Fsp3) is 0.111. The summed E-state index contributed by atoms with van der Waals surface area (Å²) in [4.78, 5) is 46.9. The molecule has 7 heteroatoms. The number of nitrogens with one attached hydrogen (secondary N) is 2. The minimum atomic E-state index is -0.938. The van der Waals surface area contributed by atoms with Crippen molar-refractivity contribution in [1.29, 1.82) is 0 Å². The van der Waals surface area contributed by atoms with Gasteiger partial charge in [0.05, 0.1) is 18.4 Å². The average molecular weight is 340 g/mol. The molecule has 0 atom stereocenters. The van der Waals surface area contributed by atoms with Gasteiger partial charge in [0, 0.05) is 11.3 Å². The van der Waals surface area contributed by atoms with Crippen molar-refractivity contribution < 1.29 is 23.9 Å². The molecular formula is C18H16N2O5. The van der Waals surface area contributed by atoms with E-state index < -0.39 is 17.8 Å². The molecule has 0 spiro atoms. The van der Waals surface area contributed by atoms with Crippen molar-refractivity contribution in [2.75, 3.05) is 17.7 Å². The zero-order chi connectivity index (χ0) is 18.4. The fourth-order valence-corrected chi connectivity index (χ4v) is 2.04. The molecule has 7 nitrogen and oxygen atoms in total. The van der Waals surface area contributed by atoms with Crippen molar-refractivity contribution in [3.05, 3.63) is 59.7 Å². The highest BCUT2D eigenvalue weighted by molar-refractivity contribution is 6.44. The van der Waals surface area contributed by atoms with Crippen molar-refractivity contribution in [2.24, 2.45) is 0 Å². The number of benzene rings is 2. The van der Waals surface area contributed by atoms with Crippen molar-refractivity contribution in [2.45, 2.75) is 6.92 Å². The van der Waals surface area contributed by atoms with E-state index in [1.165, 1.54) is 38.3 Å². The molecule has 0 heterocycles. The Balaban J connectivity index is 2.07. The zero-order valence-electron chi connectivity index (χ0n) is 13.7. The molecule has 0 aliphatic rings. The normalized spacial score (nSPS) is 9.84. The summed E-state index contributed by atoms with van der Waals surface area (Å²) in [6.07, 6.45) is 0. The molecule has 0 bridgehead atoms. The number of hydrogen-bond acceptors (Lipinski definition) is 5. The van der Waals surface area contributed by atoms with E-state index in [-0.39, 0.29) is 17.0 Å². The minimum Gasteiger partial charge on any atom is -0.465 e. The van der Waals surface area contributed by atoms with E-state index in [0.717, 1.165) is 0 Å². The van der Waals surface area contributed by atoms with Gasteiger partial charge in [0.1, 0.15) is 0 Å². The lowest BCUT2D eigenvalue weighted by molar-refractivity contribution is -0.133. The van der Waals surface area contributed by atoms with Crippen molar-refractivity contribution in [1.82, 2.24) is 0 Å². The second kappa shape index (κ2) is 7.87. The number of amides is 2. The SMILES string of the molecule is COC(=O)c1ccccc1NC(=O)C(=O)Nc1ccc(C(C)=O)cc1. The fourth-order valence-electron chi connectivity index (χ4n) is 2.04. The van der Waals surface area contributed by atoms with Crippen LogP contribution in [0, 0.1) is 0 Å². The standard InChI is InChI=1S/C18H16N2O5/c1-11(21)12-7-9-13(10-8-12)19-16(22)17(23)20-15-6-4-3-5-14(15)18(24)25-2/h3-10H,1-2H3,(H,19,22)(H,20,23). The lowest BCUT2D eigenvalue weighted by Crippen LogP contribution is -2.29. The van der Waals surface area contributed by atoms with Gasteiger partial charge in [-0.2, -0.15) is 0 Å². The van der Waals surface area contributed by atoms with Crippen molar-refractivity contribution in [3.8, 4) is 0 Å². The van der Waals surface area contributed by atoms with Gasteiger partial charge in [0.2, 0.25) is 0 Å². The predicted octanol–water partition coefficient (Wildman–Crippen LogP) is 2.25. The number of ether oxygens (including phenoxy) is 1. The summed E-state index contributed by atoms with van der Waals surface area (Å²) in [7, 11) is 1.22. The van der Waals surface area contributed by atoms with Gasteiger partial charge in [0.15, 0.2) is 5.78 Å². The Bertz CT molecular complexity index is 828. The van der Waals surface area contributed by atoms with E-state index >= 15 is 0 Å². The Kier molecular flexibility index (Phi) is 5.62. The summed E-state index contributed by atoms with van der Waals surface area (Å²) in [5.41, 5.74) is 1.17. The number of para-hydroxylation sites is 1. The molecule has 0 saturated carbocycles. The summed E-state index contributed by atoms with van der Waals surface area (Å²) in [5.74, 6) is -2.58. The molecule has 0 aliphatic carbocycles. The Morgan fingerprint density at radius 2 is 1.44 bits per heavy atom. The highest BCUT2D eigenvalue weighted by Gasteiger charge is 2.18. The quantitative estimate of drug-likeness (QED) is 0.505. The van der Waals surface area contributed by atoms with Crippen LogP contribution in [0.5, 0.6) is 0 Å². The smallest absolute Gasteiger partial charge is 0.339 e. The average Bonchev–Trinajstić information content (AvgIpc) is 2.61. The summed E-state index contributed by atoms with van der Waals surface area (Å²) in [6, 6.07) is 12.3. The number of carbonyl (C=O) groups is 4. The molecule has 0 unspecified atom stereocenters. The van der Waals surface area contributed by atoms with Gasteiger partial charge in [-0.05, 0) is 43.3 Å². The van der Waals surface area contributed by atoms with Gasteiger partial charge in [-0.25, -0.2) is 4.79 Å². The second-order valence-corrected chi connectivity index (χ2v) is 5.08. The lowest BCUT2D eigenvalue weighted by atomic mass is 10.1. The monoisotopic (exact) mass is 340 g/mol. The van der Waals surface area contributed by atoms with Crippen LogP contribution in [0.3, 0.4) is 0 Å². The van der Waals surface area contributed by atoms with Crippen LogP contribution < -0.4 is 10.6 Å². The van der Waals surface area contributed by atoms with E-state index in [1.807, 2.05) is 0 Å². The largest absolute Gasteiger partial charge is 0.465 e. The number of methoxy groups -OCH3 is 1. The number of Topliss-reactive ketones (excluding diaryl/α,β-unsaturated/α-hetero) is 1. The van der Waals surface area contributed by atoms with Gasteiger partial charge < -0.3 is 15.4 Å². The van der Waals surface area contributed by atoms with Crippen LogP contribution in [-0.4, -0.2) is 30.7 Å². The summed E-state index contributed by atoms with van der Waals surface area (Å²) >= 11 is 0. The number of rotatable bonds is 4. The molecule has 0 radical (unpaired) electrons. The number of esters is 1. The summed E-state index contributed by atoms with van der Waals surface area (Å²) in [6.45, 7) is 1.43. The first kappa shape index (κ1) is 17.9. The highest BCUT2D eigenvalue weighted by atomic mass is 16.5. The maximum absolute atomic E-state index is 12.0. The van der Waals surface area contributed by atoms with E-state index in [4.69, 9.17) is 0 Å². The van der Waals surface area contributed by atoms with Gasteiger partial charge in [-0.15, -0.1) is 0 Å². The number of hydrogen-bond donors (Lipinski definition) is 2. The number of anilines is 2. The third-order valence-electron chi connectivity index (χ3n) is 3.34. The summed E-state index contributed by atoms with van der Waals surface area (Å²) < 4.78 is 4.63. The predicted molar refractivity (Wildman–Crippen MR) is 91.5 cm³/mol. The number of ketones is 1. The van der Waals surface area contributed by atoms with Crippen LogP contribution in [0.25, 0.3) is 0 Å². The number of carbonyl (C=O) groups excluding carboxylic acids is 4. The molecule has 25 heavy (non-hydrogen) atoms. The van der Waals surface area contributed by atoms with E-state index in [1.54, 1.807) is 24.3 Å². The molecule has 2 amide bonds. The van der Waals surface area contributed by atoms with E-state index in [2.05, 4.69) is 15.4 Å². The van der Waals surface area contributed by atoms with E-state index in [0.29, 0.717) is 11.3 Å². The van der Waals surface area contributed by atoms with Gasteiger partial charge in [0.25, 0.3) is 0 Å². The third-order valence-corrected chi connectivity index (χ3v) is 3.34. The molecule has 0 aliphatic heterocycles. The Morgan fingerprint density at radius 1 is 0.840 bits per heavy atom. The van der Waals surface area contributed by atoms with Crippen LogP contribution in [0.2, 0.25) is 0 Å². The molecule has 0 aromatic heterocycles. The topological polar surface area (TPSA) is 102 Å². The Hall–Kier alpha value is -3.48. The van der Waals surface area contributed by atoms with Gasteiger partial charge in [-0.1, -0.05) is 12.1 Å². The minimum absolute atomic E-state index is 0.102. The van der Waals surface area contributed by atoms with Crippen LogP contribution in [0.15, 0.2) is 48.5 Å². The first-order valence-electron chi connectivity index (χ1n) is 7.33. The maximum Gasteiger partial charge on any atom is 0.339 e. The molecule has 2 aromatic rings. The Labute approximate surface area is 144 Å². The molecular weight excluding hydrogens is 324 g/mol. The molecule has 0 saturated heterocycles. The molecule has 128 valence electrons. The first-order valence-corrected chi connectivity index (χ1v) is 7.33. The molecule has 2 aromatic carbocycles. The highest BCUT2D eigenvalue weighted by Crippen LogP contribution is 2.16. The van der Waals surface area contributed by atoms with Gasteiger partial charge in [-0.3, -0.25) is 14.4 Å². The van der Waals surface area contributed by atoms with Crippen LogP contribution in [0.4, 0.5) is 11.4 Å². The second-order valence-electron chi connectivity index (χ2n) is 5.08. The van der Waals surface area contributed by atoms with Crippen LogP contribution in [-0.2, 0) is 14.3 Å². The molecule has 0 fully saturated rings. The van der Waals surface area contributed by atoms with Crippen molar-refractivity contribution in [3.63, 3.8) is 0 Å². The zero-order valence-corrected chi connectivity index (χ0v) is 13.7. The lowest BCUT2D eigenvalue weighted by Gasteiger charge is -2.10.